The number of nitrogens with zero attached hydrogens (tertiary/aromatic N) is 1. The molecule has 0 spiro atoms. The number of benzene rings is 1. The predicted molar refractivity (Wildman–Crippen MR) is 109 cm³/mol. The van der Waals surface area contributed by atoms with Gasteiger partial charge in [-0.2, -0.15) is 0 Å². The molecule has 5 nitrogen and oxygen atoms in total. The van der Waals surface area contributed by atoms with Crippen molar-refractivity contribution in [2.45, 2.75) is 25.9 Å². The summed E-state index contributed by atoms with van der Waals surface area (Å²) in [4.78, 5) is 4.19. The Balaban J connectivity index is 0.00000312. The van der Waals surface area contributed by atoms with Crippen LogP contribution in [0.25, 0.3) is 0 Å². The minimum atomic E-state index is -0.350. The summed E-state index contributed by atoms with van der Waals surface area (Å²) in [6.07, 6.45) is 3.94. The van der Waals surface area contributed by atoms with Gasteiger partial charge in [0.05, 0.1) is 19.8 Å². The highest BCUT2D eigenvalue weighted by Crippen LogP contribution is 2.16. The number of nitrogens with one attached hydrogen (secondary N) is 2. The van der Waals surface area contributed by atoms with Gasteiger partial charge in [-0.15, -0.1) is 24.0 Å². The Kier molecular flexibility index (Phi) is 10.5. The van der Waals surface area contributed by atoms with Crippen LogP contribution in [0.5, 0.6) is 5.75 Å². The number of ether oxygens (including phenoxy) is 2. The molecule has 0 radical (unpaired) electrons. The van der Waals surface area contributed by atoms with Gasteiger partial charge >= 0.3 is 0 Å². The molecule has 0 aliphatic carbocycles. The van der Waals surface area contributed by atoms with E-state index in [4.69, 9.17) is 9.47 Å². The molecule has 1 aliphatic rings. The molecule has 0 bridgehead atoms. The summed E-state index contributed by atoms with van der Waals surface area (Å²) in [6.45, 7) is 4.76. The molecule has 7 heteroatoms. The van der Waals surface area contributed by atoms with E-state index in [1.165, 1.54) is 11.6 Å². The second kappa shape index (κ2) is 12.1. The van der Waals surface area contributed by atoms with E-state index in [2.05, 4.69) is 21.7 Å². The quantitative estimate of drug-likeness (QED) is 0.283. The number of aliphatic imine (C=N–C) groups is 1. The minimum absolute atomic E-state index is 0. The number of rotatable bonds is 7. The van der Waals surface area contributed by atoms with E-state index in [1.807, 2.05) is 6.92 Å². The van der Waals surface area contributed by atoms with Gasteiger partial charge in [-0.3, -0.25) is 4.99 Å². The molecule has 2 rings (SSSR count). The zero-order chi connectivity index (χ0) is 17.2. The topological polar surface area (TPSA) is 54.9 Å². The van der Waals surface area contributed by atoms with Crippen molar-refractivity contribution in [2.75, 3.05) is 33.4 Å². The van der Waals surface area contributed by atoms with Crippen molar-refractivity contribution < 1.29 is 13.9 Å². The van der Waals surface area contributed by atoms with Crippen molar-refractivity contribution in [3.05, 3.63) is 41.7 Å². The zero-order valence-electron chi connectivity index (χ0n) is 14.8. The van der Waals surface area contributed by atoms with E-state index < -0.39 is 0 Å². The predicted octanol–water partition coefficient (Wildman–Crippen LogP) is 3.11. The molecule has 0 fully saturated rings. The van der Waals surface area contributed by atoms with Crippen molar-refractivity contribution in [3.8, 4) is 5.75 Å². The van der Waals surface area contributed by atoms with Gasteiger partial charge in [0.15, 0.2) is 17.5 Å². The first-order valence-electron chi connectivity index (χ1n) is 8.30. The molecule has 1 unspecified atom stereocenters. The van der Waals surface area contributed by atoms with E-state index >= 15 is 0 Å². The molecule has 2 N–H and O–H groups in total. The minimum Gasteiger partial charge on any atom is -0.486 e. The standard InChI is InChI=1S/C18H26FN3O2.HI/c1-14(24-17-6-4-3-5-16(17)19)13-22-18(20-2)21-10-7-15-8-11-23-12-9-15;/h3-6,8,14H,7,9-13H2,1-2H3,(H2,20,21,22);1H. The summed E-state index contributed by atoms with van der Waals surface area (Å²) in [6, 6.07) is 6.41. The Bertz CT molecular complexity index is 581. The van der Waals surface area contributed by atoms with Gasteiger partial charge in [0.2, 0.25) is 0 Å². The number of para-hydroxylation sites is 1. The molecule has 0 saturated heterocycles. The Labute approximate surface area is 166 Å². The number of hydrogen-bond acceptors (Lipinski definition) is 3. The van der Waals surface area contributed by atoms with Crippen LogP contribution in [0.2, 0.25) is 0 Å². The van der Waals surface area contributed by atoms with Crippen LogP contribution < -0.4 is 15.4 Å². The van der Waals surface area contributed by atoms with Crippen LogP contribution in [0.1, 0.15) is 19.8 Å². The highest BCUT2D eigenvalue weighted by molar-refractivity contribution is 14.0. The molecule has 0 saturated carbocycles. The first-order valence-corrected chi connectivity index (χ1v) is 8.30. The number of hydrogen-bond donors (Lipinski definition) is 2. The zero-order valence-corrected chi connectivity index (χ0v) is 17.1. The van der Waals surface area contributed by atoms with Gasteiger partial charge in [-0.1, -0.05) is 23.8 Å². The Hall–Kier alpha value is -1.35. The lowest BCUT2D eigenvalue weighted by Gasteiger charge is -2.18. The van der Waals surface area contributed by atoms with Crippen molar-refractivity contribution in [2.24, 2.45) is 4.99 Å². The van der Waals surface area contributed by atoms with Gasteiger partial charge in [0.1, 0.15) is 6.10 Å². The fraction of sp³-hybridized carbons (Fsp3) is 0.500. The van der Waals surface area contributed by atoms with Gasteiger partial charge < -0.3 is 20.1 Å². The Morgan fingerprint density at radius 1 is 1.36 bits per heavy atom. The monoisotopic (exact) mass is 463 g/mol. The summed E-state index contributed by atoms with van der Waals surface area (Å²) in [5.74, 6) is 0.629. The third-order valence-electron chi connectivity index (χ3n) is 3.74. The maximum absolute atomic E-state index is 13.6. The van der Waals surface area contributed by atoms with Gasteiger partial charge in [-0.05, 0) is 31.9 Å². The Morgan fingerprint density at radius 2 is 2.16 bits per heavy atom. The molecule has 1 aliphatic heterocycles. The van der Waals surface area contributed by atoms with Crippen LogP contribution in [0, 0.1) is 5.82 Å². The van der Waals surface area contributed by atoms with Crippen LogP contribution in [0.15, 0.2) is 40.9 Å². The summed E-state index contributed by atoms with van der Waals surface area (Å²) in [5.41, 5.74) is 1.42. The molecule has 1 heterocycles. The fourth-order valence-electron chi connectivity index (χ4n) is 2.39. The molecule has 1 aromatic rings. The third-order valence-corrected chi connectivity index (χ3v) is 3.74. The van der Waals surface area contributed by atoms with Gasteiger partial charge in [0, 0.05) is 13.6 Å². The lowest BCUT2D eigenvalue weighted by atomic mass is 10.1. The van der Waals surface area contributed by atoms with E-state index in [1.54, 1.807) is 25.2 Å². The van der Waals surface area contributed by atoms with Gasteiger partial charge in [-0.25, -0.2) is 4.39 Å². The summed E-state index contributed by atoms with van der Waals surface area (Å²) < 4.78 is 24.5. The fourth-order valence-corrected chi connectivity index (χ4v) is 2.39. The number of halogens is 2. The highest BCUT2D eigenvalue weighted by atomic mass is 127. The van der Waals surface area contributed by atoms with E-state index in [0.29, 0.717) is 19.1 Å². The largest absolute Gasteiger partial charge is 0.486 e. The van der Waals surface area contributed by atoms with E-state index in [9.17, 15) is 4.39 Å². The maximum Gasteiger partial charge on any atom is 0.191 e. The lowest BCUT2D eigenvalue weighted by molar-refractivity contribution is 0.153. The van der Waals surface area contributed by atoms with Crippen LogP contribution in [-0.2, 0) is 4.74 Å². The second-order valence-electron chi connectivity index (χ2n) is 5.68. The lowest BCUT2D eigenvalue weighted by Crippen LogP contribution is -2.42. The molecule has 1 aromatic carbocycles. The first-order chi connectivity index (χ1) is 11.7. The smallest absolute Gasteiger partial charge is 0.191 e. The van der Waals surface area contributed by atoms with Crippen LogP contribution >= 0.6 is 24.0 Å². The van der Waals surface area contributed by atoms with E-state index in [0.717, 1.165) is 26.0 Å². The summed E-state index contributed by atoms with van der Waals surface area (Å²) >= 11 is 0. The molecule has 25 heavy (non-hydrogen) atoms. The average Bonchev–Trinajstić information content (AvgIpc) is 2.61. The normalized spacial score (nSPS) is 15.6. The van der Waals surface area contributed by atoms with Crippen molar-refractivity contribution in [3.63, 3.8) is 0 Å². The van der Waals surface area contributed by atoms with Crippen LogP contribution in [0.4, 0.5) is 4.39 Å². The van der Waals surface area contributed by atoms with Crippen molar-refractivity contribution in [1.29, 1.82) is 0 Å². The molecule has 1 atom stereocenters. The Morgan fingerprint density at radius 3 is 2.84 bits per heavy atom. The molecule has 0 aromatic heterocycles. The van der Waals surface area contributed by atoms with Crippen molar-refractivity contribution >= 4 is 29.9 Å². The SMILES string of the molecule is CN=C(NCCC1=CCOCC1)NCC(C)Oc1ccccc1F.I. The van der Waals surface area contributed by atoms with E-state index in [-0.39, 0.29) is 41.6 Å². The first kappa shape index (κ1) is 21.7. The maximum atomic E-state index is 13.6. The highest BCUT2D eigenvalue weighted by Gasteiger charge is 2.09. The summed E-state index contributed by atoms with van der Waals surface area (Å²) in [7, 11) is 1.73. The second-order valence-corrected chi connectivity index (χ2v) is 5.68. The molecular formula is C18H27FIN3O2. The molecule has 0 amide bonds. The third kappa shape index (κ3) is 8.04. The average molecular weight is 463 g/mol. The number of guanidine groups is 1. The van der Waals surface area contributed by atoms with Crippen LogP contribution in [-0.4, -0.2) is 45.4 Å². The van der Waals surface area contributed by atoms with Crippen LogP contribution in [0.3, 0.4) is 0 Å². The summed E-state index contributed by atoms with van der Waals surface area (Å²) in [5, 5.41) is 6.47. The molecular weight excluding hydrogens is 436 g/mol. The van der Waals surface area contributed by atoms with Crippen molar-refractivity contribution in [1.82, 2.24) is 10.6 Å². The molecule has 140 valence electrons. The van der Waals surface area contributed by atoms with Gasteiger partial charge in [0.25, 0.3) is 0 Å².